The van der Waals surface area contributed by atoms with Gasteiger partial charge in [0.25, 0.3) is 0 Å². The van der Waals surface area contributed by atoms with Crippen molar-refractivity contribution in [1.29, 1.82) is 0 Å². The Bertz CT molecular complexity index is 526. The van der Waals surface area contributed by atoms with Gasteiger partial charge in [0.2, 0.25) is 0 Å². The number of benzene rings is 1. The minimum Gasteiger partial charge on any atom is -0.339 e. The van der Waals surface area contributed by atoms with E-state index in [1.165, 1.54) is 5.56 Å². The highest BCUT2D eigenvalue weighted by Crippen LogP contribution is 2.26. The maximum atomic E-state index is 5.86. The number of aromatic nitrogens is 1. The van der Waals surface area contributed by atoms with Gasteiger partial charge in [-0.1, -0.05) is 37.1 Å². The van der Waals surface area contributed by atoms with Crippen LogP contribution < -0.4 is 5.32 Å². The van der Waals surface area contributed by atoms with Gasteiger partial charge in [0, 0.05) is 11.9 Å². The van der Waals surface area contributed by atoms with E-state index in [0.717, 1.165) is 28.8 Å². The third-order valence-corrected chi connectivity index (χ3v) is 3.37. The van der Waals surface area contributed by atoms with E-state index in [9.17, 15) is 0 Å². The van der Waals surface area contributed by atoms with Crippen molar-refractivity contribution in [2.75, 3.05) is 5.32 Å². The Morgan fingerprint density at radius 3 is 2.61 bits per heavy atom. The first kappa shape index (κ1) is 13.4. The summed E-state index contributed by atoms with van der Waals surface area (Å²) in [5.74, 6) is 0.766. The smallest absolute Gasteiger partial charge is 0.144 e. The lowest BCUT2D eigenvalue weighted by Crippen LogP contribution is -1.94. The van der Waals surface area contributed by atoms with Gasteiger partial charge in [0.1, 0.15) is 5.82 Å². The van der Waals surface area contributed by atoms with E-state index in [0.29, 0.717) is 5.02 Å². The molecule has 1 heterocycles. The standard InChI is InChI=1S/C14H14BrClN2/c1-2-3-10-4-6-12(7-5-10)18-14-13(15)8-11(16)9-17-14/h4-9H,2-3H2,1H3,(H,17,18). The minimum atomic E-state index is 0.616. The molecule has 0 aliphatic carbocycles. The fraction of sp³-hybridized carbons (Fsp3) is 0.214. The summed E-state index contributed by atoms with van der Waals surface area (Å²) >= 11 is 9.29. The molecule has 1 N–H and O–H groups in total. The molecule has 0 bridgehead atoms. The van der Waals surface area contributed by atoms with Crippen LogP contribution in [0.3, 0.4) is 0 Å². The molecule has 1 aromatic carbocycles. The number of halogens is 2. The first-order chi connectivity index (χ1) is 8.69. The number of hydrogen-bond acceptors (Lipinski definition) is 2. The molecule has 0 aliphatic rings. The van der Waals surface area contributed by atoms with Crippen molar-refractivity contribution in [1.82, 2.24) is 4.98 Å². The van der Waals surface area contributed by atoms with E-state index in [1.54, 1.807) is 6.20 Å². The number of rotatable bonds is 4. The molecule has 0 aliphatic heterocycles. The van der Waals surface area contributed by atoms with Crippen LogP contribution in [0.4, 0.5) is 11.5 Å². The van der Waals surface area contributed by atoms with Crippen LogP contribution in [-0.4, -0.2) is 4.98 Å². The van der Waals surface area contributed by atoms with Crippen molar-refractivity contribution in [2.24, 2.45) is 0 Å². The molecule has 4 heteroatoms. The van der Waals surface area contributed by atoms with E-state index in [2.05, 4.69) is 57.4 Å². The van der Waals surface area contributed by atoms with Gasteiger partial charge in [-0.25, -0.2) is 4.98 Å². The van der Waals surface area contributed by atoms with Gasteiger partial charge in [0.05, 0.1) is 9.50 Å². The zero-order chi connectivity index (χ0) is 13.0. The molecule has 0 unspecified atom stereocenters. The third kappa shape index (κ3) is 3.47. The maximum Gasteiger partial charge on any atom is 0.144 e. The van der Waals surface area contributed by atoms with Crippen molar-refractivity contribution < 1.29 is 0 Å². The molecule has 94 valence electrons. The van der Waals surface area contributed by atoms with Crippen molar-refractivity contribution in [2.45, 2.75) is 19.8 Å². The zero-order valence-corrected chi connectivity index (χ0v) is 12.4. The van der Waals surface area contributed by atoms with Crippen molar-refractivity contribution in [3.63, 3.8) is 0 Å². The molecule has 18 heavy (non-hydrogen) atoms. The molecular weight excluding hydrogens is 312 g/mol. The van der Waals surface area contributed by atoms with Gasteiger partial charge in [-0.05, 0) is 46.1 Å². The average Bonchev–Trinajstić information content (AvgIpc) is 2.35. The summed E-state index contributed by atoms with van der Waals surface area (Å²) < 4.78 is 0.854. The molecule has 0 radical (unpaired) electrons. The van der Waals surface area contributed by atoms with Crippen LogP contribution in [-0.2, 0) is 6.42 Å². The highest BCUT2D eigenvalue weighted by atomic mass is 79.9. The lowest BCUT2D eigenvalue weighted by molar-refractivity contribution is 0.922. The Balaban J connectivity index is 2.13. The van der Waals surface area contributed by atoms with Gasteiger partial charge in [0.15, 0.2) is 0 Å². The number of hydrogen-bond donors (Lipinski definition) is 1. The Morgan fingerprint density at radius 1 is 1.28 bits per heavy atom. The summed E-state index contributed by atoms with van der Waals surface area (Å²) in [5, 5.41) is 3.87. The zero-order valence-electron chi connectivity index (χ0n) is 10.1. The predicted molar refractivity (Wildman–Crippen MR) is 80.7 cm³/mol. The predicted octanol–water partition coefficient (Wildman–Crippen LogP) is 5.19. The fourth-order valence-electron chi connectivity index (χ4n) is 1.69. The second-order valence-electron chi connectivity index (χ2n) is 4.06. The van der Waals surface area contributed by atoms with Crippen LogP contribution in [0.2, 0.25) is 5.02 Å². The van der Waals surface area contributed by atoms with E-state index in [4.69, 9.17) is 11.6 Å². The minimum absolute atomic E-state index is 0.616. The lowest BCUT2D eigenvalue weighted by Gasteiger charge is -2.08. The average molecular weight is 326 g/mol. The molecule has 0 spiro atoms. The maximum absolute atomic E-state index is 5.86. The SMILES string of the molecule is CCCc1ccc(Nc2ncc(Cl)cc2Br)cc1. The number of nitrogens with zero attached hydrogens (tertiary/aromatic N) is 1. The number of anilines is 2. The number of aryl methyl sites for hydroxylation is 1. The molecule has 2 aromatic rings. The van der Waals surface area contributed by atoms with Gasteiger partial charge >= 0.3 is 0 Å². The molecule has 2 nitrogen and oxygen atoms in total. The van der Waals surface area contributed by atoms with E-state index in [1.807, 2.05) is 6.07 Å². The summed E-state index contributed by atoms with van der Waals surface area (Å²) in [4.78, 5) is 4.24. The first-order valence-electron chi connectivity index (χ1n) is 5.86. The van der Waals surface area contributed by atoms with Crippen molar-refractivity contribution in [3.05, 3.63) is 51.6 Å². The Hall–Kier alpha value is -1.06. The summed E-state index contributed by atoms with van der Waals surface area (Å²) in [6.45, 7) is 2.18. The normalized spacial score (nSPS) is 10.4. The highest BCUT2D eigenvalue weighted by molar-refractivity contribution is 9.10. The Morgan fingerprint density at radius 2 is 2.00 bits per heavy atom. The molecule has 2 rings (SSSR count). The number of pyridine rings is 1. The van der Waals surface area contributed by atoms with Gasteiger partial charge in [-0.15, -0.1) is 0 Å². The largest absolute Gasteiger partial charge is 0.339 e. The second kappa shape index (κ2) is 6.21. The van der Waals surface area contributed by atoms with Gasteiger partial charge < -0.3 is 5.32 Å². The monoisotopic (exact) mass is 324 g/mol. The summed E-state index contributed by atoms with van der Waals surface area (Å²) in [6, 6.07) is 10.2. The molecular formula is C14H14BrClN2. The topological polar surface area (TPSA) is 24.9 Å². The summed E-state index contributed by atoms with van der Waals surface area (Å²) in [5.41, 5.74) is 2.37. The van der Waals surface area contributed by atoms with Crippen LogP contribution in [0.25, 0.3) is 0 Å². The molecule has 0 amide bonds. The van der Waals surface area contributed by atoms with E-state index in [-0.39, 0.29) is 0 Å². The third-order valence-electron chi connectivity index (χ3n) is 2.56. The van der Waals surface area contributed by atoms with E-state index < -0.39 is 0 Å². The molecule has 0 saturated heterocycles. The van der Waals surface area contributed by atoms with Crippen LogP contribution in [0.5, 0.6) is 0 Å². The van der Waals surface area contributed by atoms with Gasteiger partial charge in [-0.3, -0.25) is 0 Å². The van der Waals surface area contributed by atoms with E-state index >= 15 is 0 Å². The van der Waals surface area contributed by atoms with Crippen LogP contribution in [0.15, 0.2) is 41.0 Å². The second-order valence-corrected chi connectivity index (χ2v) is 5.35. The van der Waals surface area contributed by atoms with Crippen LogP contribution >= 0.6 is 27.5 Å². The van der Waals surface area contributed by atoms with Crippen LogP contribution in [0, 0.1) is 0 Å². The lowest BCUT2D eigenvalue weighted by atomic mass is 10.1. The quantitative estimate of drug-likeness (QED) is 0.836. The molecule has 0 atom stereocenters. The Kier molecular flexibility index (Phi) is 4.61. The summed E-state index contributed by atoms with van der Waals surface area (Å²) in [7, 11) is 0. The Labute approximate surface area is 121 Å². The number of nitrogens with one attached hydrogen (secondary N) is 1. The van der Waals surface area contributed by atoms with Gasteiger partial charge in [-0.2, -0.15) is 0 Å². The molecule has 1 aromatic heterocycles. The summed E-state index contributed by atoms with van der Waals surface area (Å²) in [6.07, 6.45) is 3.90. The fourth-order valence-corrected chi connectivity index (χ4v) is 2.42. The molecule has 0 fully saturated rings. The molecule has 0 saturated carbocycles. The van der Waals surface area contributed by atoms with Crippen LogP contribution in [0.1, 0.15) is 18.9 Å². The first-order valence-corrected chi connectivity index (χ1v) is 7.03. The van der Waals surface area contributed by atoms with Crippen molar-refractivity contribution >= 4 is 39.0 Å². The van der Waals surface area contributed by atoms with Crippen molar-refractivity contribution in [3.8, 4) is 0 Å². The highest BCUT2D eigenvalue weighted by Gasteiger charge is 2.02.